The minimum atomic E-state index is -0.0953. The molecule has 2 aromatic heterocycles. The van der Waals surface area contributed by atoms with E-state index < -0.39 is 0 Å². The average Bonchev–Trinajstić information content (AvgIpc) is 2.58. The molecule has 0 radical (unpaired) electrons. The number of nitrogens with zero attached hydrogens (tertiary/aromatic N) is 1. The Morgan fingerprint density at radius 2 is 2.13 bits per heavy atom. The zero-order chi connectivity index (χ0) is 11.0. The van der Waals surface area contributed by atoms with E-state index in [0.717, 1.165) is 4.88 Å². The van der Waals surface area contributed by atoms with Crippen molar-refractivity contribution in [3.8, 4) is 10.6 Å². The van der Waals surface area contributed by atoms with E-state index >= 15 is 0 Å². The highest BCUT2D eigenvalue weighted by Crippen LogP contribution is 2.30. The maximum absolute atomic E-state index is 11.5. The first-order chi connectivity index (χ1) is 7.08. The summed E-state index contributed by atoms with van der Waals surface area (Å²) in [6.07, 6.45) is 0. The molecule has 0 atom stereocenters. The third-order valence-corrected chi connectivity index (χ3v) is 3.31. The maximum Gasteiger partial charge on any atom is 0.254 e. The van der Waals surface area contributed by atoms with Gasteiger partial charge in [0.1, 0.15) is 5.82 Å². The molecule has 0 aliphatic rings. The molecule has 5 heteroatoms. The number of aromatic nitrogens is 2. The fraction of sp³-hybridized carbons (Fsp3) is 0.200. The van der Waals surface area contributed by atoms with Gasteiger partial charge >= 0.3 is 0 Å². The van der Waals surface area contributed by atoms with Crippen LogP contribution in [0.5, 0.6) is 0 Å². The van der Waals surface area contributed by atoms with Crippen LogP contribution in [0.4, 0.5) is 0 Å². The minimum Gasteiger partial charge on any atom is -0.311 e. The molecular weight excluding hydrogens is 232 g/mol. The summed E-state index contributed by atoms with van der Waals surface area (Å²) in [6, 6.07) is 3.68. The van der Waals surface area contributed by atoms with E-state index in [4.69, 9.17) is 11.6 Å². The molecule has 0 unspecified atom stereocenters. The molecule has 0 aliphatic heterocycles. The summed E-state index contributed by atoms with van der Waals surface area (Å²) >= 11 is 7.27. The quantitative estimate of drug-likeness (QED) is 0.833. The zero-order valence-electron chi connectivity index (χ0n) is 8.30. The molecule has 0 aliphatic carbocycles. The summed E-state index contributed by atoms with van der Waals surface area (Å²) in [6.45, 7) is 3.52. The largest absolute Gasteiger partial charge is 0.311 e. The third kappa shape index (κ3) is 1.96. The van der Waals surface area contributed by atoms with Crippen LogP contribution in [0, 0.1) is 13.8 Å². The van der Waals surface area contributed by atoms with Gasteiger partial charge in [0.15, 0.2) is 0 Å². The Kier molecular flexibility index (Phi) is 2.63. The molecule has 0 bridgehead atoms. The number of rotatable bonds is 1. The van der Waals surface area contributed by atoms with Crippen LogP contribution in [0.15, 0.2) is 16.9 Å². The van der Waals surface area contributed by atoms with Crippen molar-refractivity contribution in [2.45, 2.75) is 13.8 Å². The van der Waals surface area contributed by atoms with Crippen LogP contribution in [-0.4, -0.2) is 9.97 Å². The number of nitrogens with one attached hydrogen (secondary N) is 1. The number of H-pyrrole nitrogens is 1. The van der Waals surface area contributed by atoms with E-state index in [0.29, 0.717) is 21.4 Å². The normalized spacial score (nSPS) is 10.6. The van der Waals surface area contributed by atoms with Crippen molar-refractivity contribution in [1.82, 2.24) is 9.97 Å². The van der Waals surface area contributed by atoms with Gasteiger partial charge in [-0.3, -0.25) is 4.79 Å². The van der Waals surface area contributed by atoms with Crippen LogP contribution in [0.2, 0.25) is 4.34 Å². The average molecular weight is 241 g/mol. The van der Waals surface area contributed by atoms with Crippen molar-refractivity contribution >= 4 is 22.9 Å². The lowest BCUT2D eigenvalue weighted by Gasteiger charge is -2.02. The number of hydrogen-bond donors (Lipinski definition) is 1. The molecule has 0 aromatic carbocycles. The van der Waals surface area contributed by atoms with Gasteiger partial charge in [0.05, 0.1) is 14.9 Å². The fourth-order valence-corrected chi connectivity index (χ4v) is 2.42. The number of aromatic amines is 1. The van der Waals surface area contributed by atoms with E-state index in [-0.39, 0.29) is 5.56 Å². The van der Waals surface area contributed by atoms with Crippen LogP contribution in [0.25, 0.3) is 10.6 Å². The molecule has 15 heavy (non-hydrogen) atoms. The molecule has 0 saturated carbocycles. The molecule has 0 saturated heterocycles. The predicted molar refractivity (Wildman–Crippen MR) is 62.7 cm³/mol. The lowest BCUT2D eigenvalue weighted by atomic mass is 10.2. The van der Waals surface area contributed by atoms with E-state index in [1.807, 2.05) is 6.07 Å². The lowest BCUT2D eigenvalue weighted by Crippen LogP contribution is -2.13. The van der Waals surface area contributed by atoms with Gasteiger partial charge < -0.3 is 4.98 Å². The fourth-order valence-electron chi connectivity index (χ4n) is 1.33. The van der Waals surface area contributed by atoms with E-state index in [1.165, 1.54) is 11.3 Å². The monoisotopic (exact) mass is 240 g/mol. The highest BCUT2D eigenvalue weighted by atomic mass is 35.5. The molecule has 0 spiro atoms. The summed E-state index contributed by atoms with van der Waals surface area (Å²) in [5.41, 5.74) is 1.24. The van der Waals surface area contributed by atoms with Crippen LogP contribution in [0.3, 0.4) is 0 Å². The van der Waals surface area contributed by atoms with Gasteiger partial charge in [0.25, 0.3) is 5.56 Å². The van der Waals surface area contributed by atoms with Gasteiger partial charge in [-0.1, -0.05) is 11.6 Å². The van der Waals surface area contributed by atoms with Crippen molar-refractivity contribution in [2.75, 3.05) is 0 Å². The summed E-state index contributed by atoms with van der Waals surface area (Å²) < 4.78 is 0.698. The van der Waals surface area contributed by atoms with Gasteiger partial charge in [0, 0.05) is 5.56 Å². The smallest absolute Gasteiger partial charge is 0.254 e. The first kappa shape index (κ1) is 10.4. The molecule has 78 valence electrons. The molecule has 1 N–H and O–H groups in total. The Morgan fingerprint density at radius 1 is 1.40 bits per heavy atom. The SMILES string of the molecule is Cc1nc(-c2ccc(Cl)s2)c(C)c(=O)[nH]1. The Morgan fingerprint density at radius 3 is 2.73 bits per heavy atom. The van der Waals surface area contributed by atoms with Crippen LogP contribution >= 0.6 is 22.9 Å². The highest BCUT2D eigenvalue weighted by Gasteiger charge is 2.09. The second-order valence-electron chi connectivity index (χ2n) is 3.23. The van der Waals surface area contributed by atoms with Crippen molar-refractivity contribution in [3.05, 3.63) is 38.2 Å². The Hall–Kier alpha value is -1.13. The Balaban J connectivity index is 2.67. The number of thiophene rings is 1. The van der Waals surface area contributed by atoms with Crippen LogP contribution in [-0.2, 0) is 0 Å². The van der Waals surface area contributed by atoms with Gasteiger partial charge in [-0.15, -0.1) is 11.3 Å². The molecule has 2 aromatic rings. The van der Waals surface area contributed by atoms with E-state index in [1.54, 1.807) is 19.9 Å². The number of aryl methyl sites for hydroxylation is 1. The summed E-state index contributed by atoms with van der Waals surface area (Å²) in [7, 11) is 0. The standard InChI is InChI=1S/C10H9ClN2OS/c1-5-9(7-3-4-8(11)15-7)12-6(2)13-10(5)14/h3-4H,1-2H3,(H,12,13,14). The Labute approximate surface area is 95.8 Å². The van der Waals surface area contributed by atoms with E-state index in [9.17, 15) is 4.79 Å². The summed E-state index contributed by atoms with van der Waals surface area (Å²) in [5, 5.41) is 0. The summed E-state index contributed by atoms with van der Waals surface area (Å²) in [5.74, 6) is 0.616. The second-order valence-corrected chi connectivity index (χ2v) is 4.94. The molecule has 2 heterocycles. The van der Waals surface area contributed by atoms with Crippen molar-refractivity contribution in [3.63, 3.8) is 0 Å². The van der Waals surface area contributed by atoms with Gasteiger partial charge in [0.2, 0.25) is 0 Å². The number of hydrogen-bond acceptors (Lipinski definition) is 3. The second kappa shape index (κ2) is 3.79. The minimum absolute atomic E-state index is 0.0953. The van der Waals surface area contributed by atoms with Gasteiger partial charge in [-0.2, -0.15) is 0 Å². The Bertz CT molecular complexity index is 559. The zero-order valence-corrected chi connectivity index (χ0v) is 9.87. The summed E-state index contributed by atoms with van der Waals surface area (Å²) in [4.78, 5) is 19.4. The van der Waals surface area contributed by atoms with Crippen LogP contribution in [0.1, 0.15) is 11.4 Å². The van der Waals surface area contributed by atoms with Crippen LogP contribution < -0.4 is 5.56 Å². The van der Waals surface area contributed by atoms with Crippen molar-refractivity contribution < 1.29 is 0 Å². The molecule has 0 amide bonds. The first-order valence-corrected chi connectivity index (χ1v) is 5.60. The number of halogens is 1. The molecule has 2 rings (SSSR count). The topological polar surface area (TPSA) is 45.8 Å². The molecular formula is C10H9ClN2OS. The van der Waals surface area contributed by atoms with Gasteiger partial charge in [-0.05, 0) is 26.0 Å². The molecule has 3 nitrogen and oxygen atoms in total. The van der Waals surface area contributed by atoms with Crippen molar-refractivity contribution in [2.24, 2.45) is 0 Å². The first-order valence-electron chi connectivity index (χ1n) is 4.41. The third-order valence-electron chi connectivity index (χ3n) is 2.08. The predicted octanol–water partition coefficient (Wildman–Crippen LogP) is 2.77. The highest BCUT2D eigenvalue weighted by molar-refractivity contribution is 7.19. The lowest BCUT2D eigenvalue weighted by molar-refractivity contribution is 1.00. The van der Waals surface area contributed by atoms with Gasteiger partial charge in [-0.25, -0.2) is 4.98 Å². The van der Waals surface area contributed by atoms with Crippen molar-refractivity contribution in [1.29, 1.82) is 0 Å². The van der Waals surface area contributed by atoms with E-state index in [2.05, 4.69) is 9.97 Å². The maximum atomic E-state index is 11.5. The molecule has 0 fully saturated rings.